The molecule has 0 amide bonds. The second-order valence-electron chi connectivity index (χ2n) is 6.09. The number of aromatic nitrogens is 2. The van der Waals surface area contributed by atoms with Gasteiger partial charge in [-0.1, -0.05) is 30.3 Å². The van der Waals surface area contributed by atoms with Crippen LogP contribution in [0, 0.1) is 5.92 Å². The van der Waals surface area contributed by atoms with Crippen LogP contribution in [0.3, 0.4) is 0 Å². The van der Waals surface area contributed by atoms with E-state index in [1.54, 1.807) is 0 Å². The maximum atomic E-state index is 4.30. The summed E-state index contributed by atoms with van der Waals surface area (Å²) in [5.74, 6) is 0.596. The number of rotatable bonds is 2. The van der Waals surface area contributed by atoms with E-state index >= 15 is 0 Å². The maximum absolute atomic E-state index is 4.30. The van der Waals surface area contributed by atoms with E-state index in [0.717, 1.165) is 13.0 Å². The van der Waals surface area contributed by atoms with Gasteiger partial charge in [-0.05, 0) is 17.9 Å². The first-order chi connectivity index (χ1) is 10.3. The summed E-state index contributed by atoms with van der Waals surface area (Å²) in [6, 6.07) is 12.0. The van der Waals surface area contributed by atoms with E-state index in [1.165, 1.54) is 11.1 Å². The Balaban J connectivity index is 1.56. The van der Waals surface area contributed by atoms with Gasteiger partial charge >= 0.3 is 0 Å². The largest absolute Gasteiger partial charge is 0.308 e. The normalized spacial score (nSPS) is 32.0. The third kappa shape index (κ3) is 2.37. The molecular formula is C16H21N5. The molecule has 2 aliphatic heterocycles. The smallest absolute Gasteiger partial charge is 0.0537 e. The number of aryl methyl sites for hydroxylation is 1. The molecule has 3 N–H and O–H groups in total. The van der Waals surface area contributed by atoms with Crippen molar-refractivity contribution in [1.82, 2.24) is 25.9 Å². The number of hydrazine groups is 1. The van der Waals surface area contributed by atoms with Gasteiger partial charge in [-0.25, -0.2) is 5.43 Å². The summed E-state index contributed by atoms with van der Waals surface area (Å²) in [6.07, 6.45) is 5.21. The van der Waals surface area contributed by atoms with Crippen LogP contribution in [0.4, 0.5) is 0 Å². The van der Waals surface area contributed by atoms with E-state index in [9.17, 15) is 0 Å². The Morgan fingerprint density at radius 1 is 1.14 bits per heavy atom. The van der Waals surface area contributed by atoms with Crippen LogP contribution in [0.5, 0.6) is 0 Å². The molecule has 4 atom stereocenters. The molecule has 21 heavy (non-hydrogen) atoms. The number of fused-ring (bicyclic) bond motifs is 1. The summed E-state index contributed by atoms with van der Waals surface area (Å²) in [7, 11) is 1.97. The van der Waals surface area contributed by atoms with Crippen LogP contribution in [0.15, 0.2) is 42.7 Å². The zero-order valence-corrected chi connectivity index (χ0v) is 12.2. The minimum Gasteiger partial charge on any atom is -0.308 e. The van der Waals surface area contributed by atoms with Crippen LogP contribution in [-0.2, 0) is 7.05 Å². The number of nitrogens with zero attached hydrogens (tertiary/aromatic N) is 2. The molecular weight excluding hydrogens is 262 g/mol. The molecule has 1 aromatic heterocycles. The second-order valence-corrected chi connectivity index (χ2v) is 6.09. The molecule has 5 heteroatoms. The van der Waals surface area contributed by atoms with Crippen molar-refractivity contribution in [3.63, 3.8) is 0 Å². The van der Waals surface area contributed by atoms with Gasteiger partial charge in [0.1, 0.15) is 0 Å². The monoisotopic (exact) mass is 283 g/mol. The summed E-state index contributed by atoms with van der Waals surface area (Å²) in [5.41, 5.74) is 9.58. The van der Waals surface area contributed by atoms with Gasteiger partial charge in [-0.2, -0.15) is 5.10 Å². The van der Waals surface area contributed by atoms with Gasteiger partial charge in [0.2, 0.25) is 0 Å². The van der Waals surface area contributed by atoms with E-state index in [-0.39, 0.29) is 0 Å². The Morgan fingerprint density at radius 3 is 2.76 bits per heavy atom. The fourth-order valence-corrected chi connectivity index (χ4v) is 3.64. The van der Waals surface area contributed by atoms with Gasteiger partial charge in [-0.15, -0.1) is 0 Å². The first-order valence-electron chi connectivity index (χ1n) is 7.59. The minimum absolute atomic E-state index is 0.387. The molecule has 3 heterocycles. The van der Waals surface area contributed by atoms with Crippen LogP contribution in [0.1, 0.15) is 29.6 Å². The Kier molecular flexibility index (Phi) is 3.25. The lowest BCUT2D eigenvalue weighted by molar-refractivity contribution is 0.267. The fraction of sp³-hybridized carbons (Fsp3) is 0.438. The molecule has 2 aromatic rings. The van der Waals surface area contributed by atoms with Crippen molar-refractivity contribution < 1.29 is 0 Å². The van der Waals surface area contributed by atoms with E-state index < -0.39 is 0 Å². The van der Waals surface area contributed by atoms with Gasteiger partial charge in [-0.3, -0.25) is 10.1 Å². The highest BCUT2D eigenvalue weighted by Crippen LogP contribution is 2.38. The molecule has 4 rings (SSSR count). The van der Waals surface area contributed by atoms with Crippen LogP contribution in [0.25, 0.3) is 0 Å². The summed E-state index contributed by atoms with van der Waals surface area (Å²) in [5, 5.41) is 7.94. The third-order valence-electron chi connectivity index (χ3n) is 4.75. The molecule has 2 saturated heterocycles. The SMILES string of the molecule is Cn1cc(C2CC3C(CN2)NNC3c2ccccc2)cn1. The Bertz CT molecular complexity index is 608. The van der Waals surface area contributed by atoms with E-state index in [1.807, 2.05) is 17.9 Å². The van der Waals surface area contributed by atoms with Crippen LogP contribution < -0.4 is 16.2 Å². The Hall–Kier alpha value is -1.69. The maximum Gasteiger partial charge on any atom is 0.0537 e. The van der Waals surface area contributed by atoms with Crippen molar-refractivity contribution >= 4 is 0 Å². The van der Waals surface area contributed by atoms with Crippen LogP contribution in [0.2, 0.25) is 0 Å². The molecule has 1 aromatic carbocycles. The lowest BCUT2D eigenvalue weighted by atomic mass is 9.81. The average Bonchev–Trinajstić information content (AvgIpc) is 3.13. The van der Waals surface area contributed by atoms with Crippen molar-refractivity contribution in [2.45, 2.75) is 24.5 Å². The zero-order chi connectivity index (χ0) is 14.2. The predicted molar refractivity (Wildman–Crippen MR) is 81.3 cm³/mol. The van der Waals surface area contributed by atoms with Crippen LogP contribution >= 0.6 is 0 Å². The molecule has 110 valence electrons. The molecule has 4 unspecified atom stereocenters. The highest BCUT2D eigenvalue weighted by molar-refractivity contribution is 5.23. The summed E-state index contributed by atoms with van der Waals surface area (Å²) >= 11 is 0. The first kappa shape index (κ1) is 13.0. The van der Waals surface area contributed by atoms with Crippen molar-refractivity contribution in [2.75, 3.05) is 6.54 Å². The van der Waals surface area contributed by atoms with E-state index in [2.05, 4.69) is 57.8 Å². The zero-order valence-electron chi connectivity index (χ0n) is 12.2. The topological polar surface area (TPSA) is 53.9 Å². The molecule has 0 aliphatic carbocycles. The number of piperidine rings is 1. The Morgan fingerprint density at radius 2 is 2.00 bits per heavy atom. The quantitative estimate of drug-likeness (QED) is 0.777. The van der Waals surface area contributed by atoms with Gasteiger partial charge in [0.05, 0.1) is 12.2 Å². The van der Waals surface area contributed by atoms with Crippen molar-refractivity contribution in [3.05, 3.63) is 53.9 Å². The van der Waals surface area contributed by atoms with E-state index in [4.69, 9.17) is 0 Å². The van der Waals surface area contributed by atoms with Gasteiger partial charge in [0, 0.05) is 37.4 Å². The molecule has 0 bridgehead atoms. The van der Waals surface area contributed by atoms with Gasteiger partial charge < -0.3 is 5.32 Å². The van der Waals surface area contributed by atoms with Crippen molar-refractivity contribution in [3.8, 4) is 0 Å². The van der Waals surface area contributed by atoms with Crippen molar-refractivity contribution in [1.29, 1.82) is 0 Å². The highest BCUT2D eigenvalue weighted by Gasteiger charge is 2.41. The Labute approximate surface area is 124 Å². The van der Waals surface area contributed by atoms with Gasteiger partial charge in [0.25, 0.3) is 0 Å². The standard InChI is InChI=1S/C16H21N5/c1-21-10-12(8-18-21)14-7-13-15(9-17-14)19-20-16(13)11-5-3-2-4-6-11/h2-6,8,10,13-17,19-20H,7,9H2,1H3. The van der Waals surface area contributed by atoms with Crippen molar-refractivity contribution in [2.24, 2.45) is 13.0 Å². The summed E-state index contributed by atoms with van der Waals surface area (Å²) < 4.78 is 1.88. The molecule has 2 fully saturated rings. The molecule has 0 spiro atoms. The number of benzene rings is 1. The third-order valence-corrected chi connectivity index (χ3v) is 4.75. The summed E-state index contributed by atoms with van der Waals surface area (Å²) in [6.45, 7) is 0.987. The van der Waals surface area contributed by atoms with E-state index in [0.29, 0.717) is 24.0 Å². The molecule has 5 nitrogen and oxygen atoms in total. The number of hydrogen-bond donors (Lipinski definition) is 3. The summed E-state index contributed by atoms with van der Waals surface area (Å²) in [4.78, 5) is 0. The van der Waals surface area contributed by atoms with Gasteiger partial charge in [0.15, 0.2) is 0 Å². The number of hydrogen-bond acceptors (Lipinski definition) is 4. The molecule has 0 saturated carbocycles. The highest BCUT2D eigenvalue weighted by atomic mass is 15.4. The molecule has 2 aliphatic rings. The fourth-order valence-electron chi connectivity index (χ4n) is 3.64. The van der Waals surface area contributed by atoms with Crippen LogP contribution in [-0.4, -0.2) is 22.4 Å². The lowest BCUT2D eigenvalue weighted by Crippen LogP contribution is -2.46. The first-order valence-corrected chi connectivity index (χ1v) is 7.59. The predicted octanol–water partition coefficient (Wildman–Crippen LogP) is 1.29. The average molecular weight is 283 g/mol. The minimum atomic E-state index is 0.387. The second kappa shape index (κ2) is 5.26. The number of nitrogens with one attached hydrogen (secondary N) is 3. The molecule has 0 radical (unpaired) electrons. The lowest BCUT2D eigenvalue weighted by Gasteiger charge is -2.34.